The van der Waals surface area contributed by atoms with Crippen LogP contribution < -0.4 is 0 Å². The number of hydrogen-bond donors (Lipinski definition) is 0. The van der Waals surface area contributed by atoms with E-state index in [1.807, 2.05) is 30.9 Å². The van der Waals surface area contributed by atoms with Crippen molar-refractivity contribution in [1.82, 2.24) is 9.88 Å². The standard InChI is InChI=1S/C26H25N3O3/c1-15-7-19(20-6-3-17(11-27)12-28-20)8-16(2)23(15)24-21(30)9-26(10-22(24)31)13-29(14-26)25(32)18-4-5-18/h3,6-8,12,18,24H,4-5,9-10,13-14H2,1-2H3. The molecule has 3 fully saturated rings. The van der Waals surface area contributed by atoms with E-state index in [1.54, 1.807) is 12.1 Å². The molecular weight excluding hydrogens is 402 g/mol. The summed E-state index contributed by atoms with van der Waals surface area (Å²) in [5.41, 5.74) is 4.38. The van der Waals surface area contributed by atoms with Crippen molar-refractivity contribution in [2.45, 2.75) is 45.4 Å². The molecule has 0 atom stereocenters. The summed E-state index contributed by atoms with van der Waals surface area (Å²) in [6, 6.07) is 9.51. The van der Waals surface area contributed by atoms with Crippen LogP contribution in [0.3, 0.4) is 0 Å². The van der Waals surface area contributed by atoms with Gasteiger partial charge in [-0.15, -0.1) is 0 Å². The molecule has 0 bridgehead atoms. The minimum absolute atomic E-state index is 0.0322. The largest absolute Gasteiger partial charge is 0.341 e. The third-order valence-electron chi connectivity index (χ3n) is 7.10. The lowest BCUT2D eigenvalue weighted by molar-refractivity contribution is -0.155. The molecule has 2 aromatic rings. The molecule has 6 nitrogen and oxygen atoms in total. The minimum Gasteiger partial charge on any atom is -0.341 e. The number of carbonyl (C=O) groups excluding carboxylic acids is 3. The summed E-state index contributed by atoms with van der Waals surface area (Å²) in [5.74, 6) is -0.428. The zero-order chi connectivity index (χ0) is 22.6. The molecule has 0 N–H and O–H groups in total. The molecule has 1 aromatic carbocycles. The summed E-state index contributed by atoms with van der Waals surface area (Å²) >= 11 is 0. The molecule has 1 saturated heterocycles. The van der Waals surface area contributed by atoms with Gasteiger partial charge in [0.25, 0.3) is 0 Å². The van der Waals surface area contributed by atoms with E-state index in [0.29, 0.717) is 31.5 Å². The highest BCUT2D eigenvalue weighted by Gasteiger charge is 2.54. The molecule has 6 heteroatoms. The molecule has 2 saturated carbocycles. The van der Waals surface area contributed by atoms with Crippen LogP contribution in [0.2, 0.25) is 0 Å². The van der Waals surface area contributed by atoms with E-state index >= 15 is 0 Å². The number of ketones is 2. The van der Waals surface area contributed by atoms with Crippen LogP contribution in [0.25, 0.3) is 11.3 Å². The van der Waals surface area contributed by atoms with Crippen LogP contribution in [-0.2, 0) is 14.4 Å². The van der Waals surface area contributed by atoms with E-state index in [0.717, 1.165) is 40.8 Å². The Bertz CT molecular complexity index is 1140. The molecule has 3 aliphatic rings. The fraction of sp³-hybridized carbons (Fsp3) is 0.423. The summed E-state index contributed by atoms with van der Waals surface area (Å²) in [7, 11) is 0. The quantitative estimate of drug-likeness (QED) is 0.700. The molecule has 1 aliphatic heterocycles. The average Bonchev–Trinajstić information content (AvgIpc) is 3.58. The Kier molecular flexibility index (Phi) is 4.74. The van der Waals surface area contributed by atoms with E-state index < -0.39 is 5.92 Å². The highest BCUT2D eigenvalue weighted by atomic mass is 16.2. The Morgan fingerprint density at radius 2 is 1.72 bits per heavy atom. The molecule has 0 radical (unpaired) electrons. The number of hydrogen-bond acceptors (Lipinski definition) is 5. The summed E-state index contributed by atoms with van der Waals surface area (Å²) in [6.07, 6.45) is 4.19. The summed E-state index contributed by atoms with van der Waals surface area (Å²) < 4.78 is 0. The number of Topliss-reactive ketones (excluding diaryl/α,β-unsaturated/α-hetero) is 2. The molecule has 0 unspecified atom stereocenters. The van der Waals surface area contributed by atoms with E-state index in [9.17, 15) is 14.4 Å². The van der Waals surface area contributed by atoms with Gasteiger partial charge in [0.15, 0.2) is 0 Å². The van der Waals surface area contributed by atoms with Crippen LogP contribution in [0.15, 0.2) is 30.5 Å². The first-order valence-electron chi connectivity index (χ1n) is 11.1. The smallest absolute Gasteiger partial charge is 0.225 e. The number of amides is 1. The van der Waals surface area contributed by atoms with Gasteiger partial charge in [-0.25, -0.2) is 0 Å². The summed E-state index contributed by atoms with van der Waals surface area (Å²) in [5, 5.41) is 8.97. The van der Waals surface area contributed by atoms with Crippen molar-refractivity contribution < 1.29 is 14.4 Å². The lowest BCUT2D eigenvalue weighted by Gasteiger charge is -2.52. The van der Waals surface area contributed by atoms with Crippen molar-refractivity contribution in [2.24, 2.45) is 11.3 Å². The van der Waals surface area contributed by atoms with Crippen molar-refractivity contribution in [3.63, 3.8) is 0 Å². The molecule has 5 rings (SSSR count). The van der Waals surface area contributed by atoms with Crippen molar-refractivity contribution >= 4 is 17.5 Å². The van der Waals surface area contributed by atoms with Gasteiger partial charge < -0.3 is 4.90 Å². The van der Waals surface area contributed by atoms with Gasteiger partial charge in [-0.05, 0) is 67.6 Å². The van der Waals surface area contributed by atoms with Crippen LogP contribution in [0.5, 0.6) is 0 Å². The number of nitrogens with zero attached hydrogens (tertiary/aromatic N) is 3. The number of carbonyl (C=O) groups is 3. The second-order valence-electron chi connectivity index (χ2n) is 9.76. The van der Waals surface area contributed by atoms with Crippen molar-refractivity contribution in [3.05, 3.63) is 52.7 Å². The third-order valence-corrected chi connectivity index (χ3v) is 7.10. The van der Waals surface area contributed by atoms with Crippen LogP contribution in [0.1, 0.15) is 53.9 Å². The first-order chi connectivity index (χ1) is 15.3. The van der Waals surface area contributed by atoms with E-state index in [4.69, 9.17) is 5.26 Å². The number of pyridine rings is 1. The van der Waals surface area contributed by atoms with Gasteiger partial charge in [0.1, 0.15) is 23.6 Å². The zero-order valence-electron chi connectivity index (χ0n) is 18.4. The fourth-order valence-electron chi connectivity index (χ4n) is 5.45. The van der Waals surface area contributed by atoms with Gasteiger partial charge in [0.05, 0.1) is 11.3 Å². The Morgan fingerprint density at radius 1 is 1.09 bits per heavy atom. The molecule has 2 heterocycles. The maximum atomic E-state index is 13.2. The normalized spacial score (nSPS) is 20.2. The number of aryl methyl sites for hydroxylation is 2. The average molecular weight is 428 g/mol. The van der Waals surface area contributed by atoms with Crippen molar-refractivity contribution in [2.75, 3.05) is 13.1 Å². The molecule has 1 aromatic heterocycles. The van der Waals surface area contributed by atoms with Gasteiger partial charge >= 0.3 is 0 Å². The van der Waals surface area contributed by atoms with Crippen LogP contribution in [0, 0.1) is 36.5 Å². The van der Waals surface area contributed by atoms with Crippen LogP contribution >= 0.6 is 0 Å². The topological polar surface area (TPSA) is 91.1 Å². The highest BCUT2D eigenvalue weighted by Crippen LogP contribution is 2.47. The van der Waals surface area contributed by atoms with Crippen molar-refractivity contribution in [3.8, 4) is 17.3 Å². The molecule has 1 amide bonds. The second-order valence-corrected chi connectivity index (χ2v) is 9.76. The monoisotopic (exact) mass is 427 g/mol. The number of aromatic nitrogens is 1. The number of benzene rings is 1. The van der Waals surface area contributed by atoms with Crippen molar-refractivity contribution in [1.29, 1.82) is 5.26 Å². The van der Waals surface area contributed by atoms with Gasteiger partial charge in [0, 0.05) is 49.0 Å². The minimum atomic E-state index is -0.725. The number of rotatable bonds is 3. The van der Waals surface area contributed by atoms with Crippen LogP contribution in [0.4, 0.5) is 0 Å². The lowest BCUT2D eigenvalue weighted by atomic mass is 9.63. The van der Waals surface area contributed by atoms with E-state index in [-0.39, 0.29) is 28.8 Å². The SMILES string of the molecule is Cc1cc(-c2ccc(C#N)cn2)cc(C)c1C1C(=O)CC2(CC1=O)CN(C(=O)C1CC1)C2. The lowest BCUT2D eigenvalue weighted by Crippen LogP contribution is -2.62. The Hall–Kier alpha value is -3.33. The predicted molar refractivity (Wildman–Crippen MR) is 118 cm³/mol. The third kappa shape index (κ3) is 3.42. The second kappa shape index (κ2) is 7.37. The number of likely N-dealkylation sites (tertiary alicyclic amines) is 1. The highest BCUT2D eigenvalue weighted by molar-refractivity contribution is 6.11. The van der Waals surface area contributed by atoms with Crippen LogP contribution in [-0.4, -0.2) is 40.4 Å². The number of nitriles is 1. The molecule has 1 spiro atoms. The molecule has 2 aliphatic carbocycles. The fourth-order valence-corrected chi connectivity index (χ4v) is 5.45. The van der Waals surface area contributed by atoms with E-state index in [2.05, 4.69) is 11.1 Å². The molecule has 32 heavy (non-hydrogen) atoms. The Labute approximate surface area is 187 Å². The molecule has 162 valence electrons. The van der Waals surface area contributed by atoms with Gasteiger partial charge in [-0.3, -0.25) is 19.4 Å². The zero-order valence-corrected chi connectivity index (χ0v) is 18.4. The maximum absolute atomic E-state index is 13.2. The van der Waals surface area contributed by atoms with Gasteiger partial charge in [-0.2, -0.15) is 5.26 Å². The summed E-state index contributed by atoms with van der Waals surface area (Å²) in [4.78, 5) is 44.9. The Balaban J connectivity index is 1.37. The Morgan fingerprint density at radius 3 is 2.22 bits per heavy atom. The van der Waals surface area contributed by atoms with E-state index in [1.165, 1.54) is 6.20 Å². The van der Waals surface area contributed by atoms with Gasteiger partial charge in [-0.1, -0.05) is 0 Å². The maximum Gasteiger partial charge on any atom is 0.225 e. The summed E-state index contributed by atoms with van der Waals surface area (Å²) in [6.45, 7) is 4.93. The first kappa shape index (κ1) is 20.6. The molecular formula is C26H25N3O3. The first-order valence-corrected chi connectivity index (χ1v) is 11.1. The predicted octanol–water partition coefficient (Wildman–Crippen LogP) is 3.49. The van der Waals surface area contributed by atoms with Gasteiger partial charge in [0.2, 0.25) is 5.91 Å².